The number of piperazine rings is 1. The topological polar surface area (TPSA) is 100 Å². The number of amides is 1. The quantitative estimate of drug-likeness (QED) is 0.628. The van der Waals surface area contributed by atoms with Crippen molar-refractivity contribution in [3.05, 3.63) is 22.7 Å². The van der Waals surface area contributed by atoms with Crippen LogP contribution in [0.3, 0.4) is 0 Å². The highest BCUT2D eigenvalue weighted by Gasteiger charge is 2.25. The smallest absolute Gasteiger partial charge is 0.228 e. The Morgan fingerprint density at radius 3 is 2.53 bits per heavy atom. The molecule has 2 N–H and O–H groups in total. The molecule has 2 aliphatic heterocycles. The lowest BCUT2D eigenvalue weighted by Gasteiger charge is -2.35. The molecule has 0 radical (unpaired) electrons. The first-order chi connectivity index (χ1) is 16.3. The van der Waals surface area contributed by atoms with Crippen LogP contribution in [0.2, 0.25) is 0 Å². The van der Waals surface area contributed by atoms with Gasteiger partial charge in [-0.1, -0.05) is 13.8 Å². The molecule has 34 heavy (non-hydrogen) atoms. The summed E-state index contributed by atoms with van der Waals surface area (Å²) in [4.78, 5) is 33.5. The normalized spacial score (nSPS) is 18.9. The SMILES string of the molecule is CC(N)=CC(C)=Nc1nc(N2CCOCC2)nc2c(CN3CCN(C(=O)C(C)C)CC3)csc12. The minimum Gasteiger partial charge on any atom is -0.402 e. The van der Waals surface area contributed by atoms with Crippen LogP contribution >= 0.6 is 11.3 Å². The van der Waals surface area contributed by atoms with Gasteiger partial charge in [-0.15, -0.1) is 11.3 Å². The fourth-order valence-electron chi connectivity index (χ4n) is 4.29. The minimum atomic E-state index is 0.0445. The molecule has 2 fully saturated rings. The van der Waals surface area contributed by atoms with E-state index in [9.17, 15) is 4.79 Å². The van der Waals surface area contributed by atoms with Gasteiger partial charge >= 0.3 is 0 Å². The Hall–Kier alpha value is -2.56. The monoisotopic (exact) mass is 485 g/mol. The van der Waals surface area contributed by atoms with Gasteiger partial charge in [0.2, 0.25) is 11.9 Å². The summed E-state index contributed by atoms with van der Waals surface area (Å²) in [6.45, 7) is 14.6. The second kappa shape index (κ2) is 10.8. The van der Waals surface area contributed by atoms with Gasteiger partial charge in [0, 0.05) is 68.7 Å². The van der Waals surface area contributed by atoms with Crippen LogP contribution in [-0.2, 0) is 16.1 Å². The summed E-state index contributed by atoms with van der Waals surface area (Å²) in [6, 6.07) is 0. The van der Waals surface area contributed by atoms with Crippen LogP contribution < -0.4 is 10.6 Å². The molecule has 2 saturated heterocycles. The molecule has 2 aromatic rings. The van der Waals surface area contributed by atoms with Gasteiger partial charge in [-0.2, -0.15) is 4.98 Å². The molecule has 4 rings (SSSR count). The molecule has 1 amide bonds. The number of hydrogen-bond acceptors (Lipinski definition) is 9. The zero-order valence-corrected chi connectivity index (χ0v) is 21.4. The van der Waals surface area contributed by atoms with Crippen molar-refractivity contribution in [2.45, 2.75) is 34.2 Å². The molecule has 9 nitrogen and oxygen atoms in total. The van der Waals surface area contributed by atoms with Crippen molar-refractivity contribution in [1.29, 1.82) is 0 Å². The van der Waals surface area contributed by atoms with Crippen molar-refractivity contribution in [3.63, 3.8) is 0 Å². The summed E-state index contributed by atoms with van der Waals surface area (Å²) in [7, 11) is 0. The lowest BCUT2D eigenvalue weighted by atomic mass is 10.1. The molecule has 0 aromatic carbocycles. The fourth-order valence-corrected chi connectivity index (χ4v) is 5.22. The lowest BCUT2D eigenvalue weighted by Crippen LogP contribution is -2.49. The fraction of sp³-hybridized carbons (Fsp3) is 0.583. The molecule has 0 atom stereocenters. The first-order valence-corrected chi connectivity index (χ1v) is 12.8. The second-order valence-electron chi connectivity index (χ2n) is 9.28. The average molecular weight is 486 g/mol. The molecule has 4 heterocycles. The van der Waals surface area contributed by atoms with E-state index < -0.39 is 0 Å². The number of carbonyl (C=O) groups excluding carboxylic acids is 1. The van der Waals surface area contributed by atoms with Crippen LogP contribution in [0.1, 0.15) is 33.3 Å². The molecule has 0 saturated carbocycles. The van der Waals surface area contributed by atoms with E-state index in [4.69, 9.17) is 25.4 Å². The van der Waals surface area contributed by atoms with Gasteiger partial charge in [0.1, 0.15) is 0 Å². The highest BCUT2D eigenvalue weighted by molar-refractivity contribution is 7.17. The Kier molecular flexibility index (Phi) is 7.80. The lowest BCUT2D eigenvalue weighted by molar-refractivity contribution is -0.136. The Bertz CT molecular complexity index is 1080. The maximum absolute atomic E-state index is 12.3. The third-order valence-corrected chi connectivity index (χ3v) is 7.06. The standard InChI is InChI=1S/C24H35N7O2S/c1-16(2)23(32)30-7-5-29(6-8-30)14-19-15-34-21-20(19)27-24(31-9-11-33-12-10-31)28-22(21)26-18(4)13-17(3)25/h13,15-16H,5-12,14,25H2,1-4H3. The molecule has 2 aromatic heterocycles. The zero-order valence-electron chi connectivity index (χ0n) is 20.6. The van der Waals surface area contributed by atoms with E-state index in [-0.39, 0.29) is 11.8 Å². The van der Waals surface area contributed by atoms with Gasteiger partial charge in [0.15, 0.2) is 5.82 Å². The number of aliphatic imine (C=N–C) groups is 1. The summed E-state index contributed by atoms with van der Waals surface area (Å²) in [5.41, 5.74) is 9.52. The van der Waals surface area contributed by atoms with E-state index in [1.807, 2.05) is 38.7 Å². The van der Waals surface area contributed by atoms with Crippen molar-refractivity contribution < 1.29 is 9.53 Å². The van der Waals surface area contributed by atoms with Crippen molar-refractivity contribution in [1.82, 2.24) is 19.8 Å². The summed E-state index contributed by atoms with van der Waals surface area (Å²) >= 11 is 1.64. The number of rotatable bonds is 6. The number of aromatic nitrogens is 2. The zero-order chi connectivity index (χ0) is 24.2. The number of carbonyl (C=O) groups is 1. The van der Waals surface area contributed by atoms with E-state index in [1.165, 1.54) is 5.56 Å². The van der Waals surface area contributed by atoms with Gasteiger partial charge < -0.3 is 20.3 Å². The van der Waals surface area contributed by atoms with Crippen LogP contribution in [0.4, 0.5) is 11.8 Å². The number of ether oxygens (including phenoxy) is 1. The van der Waals surface area contributed by atoms with E-state index in [2.05, 4.69) is 15.2 Å². The summed E-state index contributed by atoms with van der Waals surface area (Å²) in [5.74, 6) is 1.67. The van der Waals surface area contributed by atoms with Crippen molar-refractivity contribution in [2.75, 3.05) is 57.4 Å². The first kappa shape index (κ1) is 24.6. The Balaban J connectivity index is 1.61. The number of morpholine rings is 1. The maximum Gasteiger partial charge on any atom is 0.228 e. The third kappa shape index (κ3) is 5.73. The van der Waals surface area contributed by atoms with E-state index in [0.717, 1.165) is 61.7 Å². The van der Waals surface area contributed by atoms with E-state index >= 15 is 0 Å². The van der Waals surface area contributed by atoms with Gasteiger partial charge in [0.25, 0.3) is 0 Å². The molecular formula is C24H35N7O2S. The van der Waals surface area contributed by atoms with E-state index in [0.29, 0.717) is 30.7 Å². The Morgan fingerprint density at radius 2 is 1.88 bits per heavy atom. The number of allylic oxidation sites excluding steroid dienone is 2. The number of nitrogens with zero attached hydrogens (tertiary/aromatic N) is 6. The van der Waals surface area contributed by atoms with Gasteiger partial charge in [-0.25, -0.2) is 9.98 Å². The summed E-state index contributed by atoms with van der Waals surface area (Å²) in [6.07, 6.45) is 1.86. The second-order valence-corrected chi connectivity index (χ2v) is 10.2. The Morgan fingerprint density at radius 1 is 1.18 bits per heavy atom. The molecular weight excluding hydrogens is 450 g/mol. The molecule has 184 valence electrons. The van der Waals surface area contributed by atoms with Crippen LogP contribution in [0.25, 0.3) is 10.2 Å². The van der Waals surface area contributed by atoms with Gasteiger partial charge in [-0.3, -0.25) is 9.69 Å². The average Bonchev–Trinajstić information content (AvgIpc) is 3.22. The number of fused-ring (bicyclic) bond motifs is 1. The third-order valence-electron chi connectivity index (χ3n) is 6.04. The molecule has 0 spiro atoms. The number of thiophene rings is 1. The number of nitrogens with two attached hydrogens (primary N) is 1. The van der Waals surface area contributed by atoms with Crippen LogP contribution in [0, 0.1) is 5.92 Å². The molecule has 2 aliphatic rings. The van der Waals surface area contributed by atoms with Crippen molar-refractivity contribution in [2.24, 2.45) is 16.6 Å². The van der Waals surface area contributed by atoms with Gasteiger partial charge in [0.05, 0.1) is 23.4 Å². The van der Waals surface area contributed by atoms with Crippen LogP contribution in [-0.4, -0.2) is 83.9 Å². The highest BCUT2D eigenvalue weighted by Crippen LogP contribution is 2.34. The number of anilines is 1. The van der Waals surface area contributed by atoms with Gasteiger partial charge in [-0.05, 0) is 25.3 Å². The van der Waals surface area contributed by atoms with E-state index in [1.54, 1.807) is 11.3 Å². The predicted octanol–water partition coefficient (Wildman–Crippen LogP) is 2.78. The molecule has 10 heteroatoms. The largest absolute Gasteiger partial charge is 0.402 e. The minimum absolute atomic E-state index is 0.0445. The molecule has 0 unspecified atom stereocenters. The van der Waals surface area contributed by atoms with Crippen LogP contribution in [0.15, 0.2) is 22.1 Å². The van der Waals surface area contributed by atoms with Crippen LogP contribution in [0.5, 0.6) is 0 Å². The molecule has 0 aliphatic carbocycles. The summed E-state index contributed by atoms with van der Waals surface area (Å²) < 4.78 is 6.51. The Labute approximate surface area is 205 Å². The summed E-state index contributed by atoms with van der Waals surface area (Å²) in [5, 5.41) is 2.17. The highest BCUT2D eigenvalue weighted by atomic mass is 32.1. The molecule has 0 bridgehead atoms. The first-order valence-electron chi connectivity index (χ1n) is 11.9. The predicted molar refractivity (Wildman–Crippen MR) is 138 cm³/mol. The van der Waals surface area contributed by atoms with Crippen molar-refractivity contribution in [3.8, 4) is 0 Å². The van der Waals surface area contributed by atoms with Crippen molar-refractivity contribution >= 4 is 44.9 Å². The number of hydrogen-bond donors (Lipinski definition) is 1. The maximum atomic E-state index is 12.3.